The van der Waals surface area contributed by atoms with Crippen LogP contribution in [0.1, 0.15) is 34.1 Å². The lowest BCUT2D eigenvalue weighted by atomic mass is 10.4. The second kappa shape index (κ2) is 5.92. The van der Waals surface area contributed by atoms with Crippen LogP contribution in [-0.2, 0) is 0 Å². The minimum atomic E-state index is 0.0829. The van der Waals surface area contributed by atoms with Crippen LogP contribution in [0.4, 0.5) is 0 Å². The smallest absolute Gasteiger partial charge is 0.0977 e. The maximum Gasteiger partial charge on any atom is 0.0977 e. The van der Waals surface area contributed by atoms with E-state index in [1.165, 1.54) is 19.5 Å². The van der Waals surface area contributed by atoms with Gasteiger partial charge in [-0.3, -0.25) is 0 Å². The fourth-order valence-electron chi connectivity index (χ4n) is 1.05. The average Bonchev–Trinajstić information content (AvgIpc) is 1.99. The average molecular weight is 159 g/mol. The standard InChI is InChI=1S/C8H21NSi/c1-5-8(4)10-9(6-2)7-3/h8H,5-7,10H2,1-4H3. The summed E-state index contributed by atoms with van der Waals surface area (Å²) in [6.07, 6.45) is 1.36. The summed E-state index contributed by atoms with van der Waals surface area (Å²) in [5.74, 6) is 0. The van der Waals surface area contributed by atoms with Gasteiger partial charge in [0, 0.05) is 0 Å². The molecule has 0 aromatic heterocycles. The molecule has 0 fully saturated rings. The van der Waals surface area contributed by atoms with Gasteiger partial charge in [-0.1, -0.05) is 34.1 Å². The van der Waals surface area contributed by atoms with Crippen LogP contribution in [0.5, 0.6) is 0 Å². The van der Waals surface area contributed by atoms with E-state index in [0.717, 1.165) is 5.54 Å². The largest absolute Gasteiger partial charge is 0.329 e. The first-order chi connectivity index (χ1) is 4.74. The molecule has 2 heteroatoms. The normalized spacial score (nSPS) is 15.3. The molecular weight excluding hydrogens is 138 g/mol. The molecular formula is C8H21NSi. The van der Waals surface area contributed by atoms with Gasteiger partial charge in [0.15, 0.2) is 0 Å². The molecule has 0 saturated carbocycles. The first-order valence-corrected chi connectivity index (χ1v) is 5.91. The highest BCUT2D eigenvalue weighted by Gasteiger charge is 2.04. The predicted molar refractivity (Wildman–Crippen MR) is 51.2 cm³/mol. The van der Waals surface area contributed by atoms with Gasteiger partial charge in [0.05, 0.1) is 9.68 Å². The quantitative estimate of drug-likeness (QED) is 0.551. The topological polar surface area (TPSA) is 3.24 Å². The van der Waals surface area contributed by atoms with E-state index in [1.807, 2.05) is 0 Å². The van der Waals surface area contributed by atoms with Crippen molar-refractivity contribution in [3.05, 3.63) is 0 Å². The molecule has 0 spiro atoms. The molecule has 0 aliphatic heterocycles. The highest BCUT2D eigenvalue weighted by molar-refractivity contribution is 6.33. The van der Waals surface area contributed by atoms with Gasteiger partial charge in [0.2, 0.25) is 0 Å². The Kier molecular flexibility index (Phi) is 6.03. The third-order valence-electron chi connectivity index (χ3n) is 2.16. The van der Waals surface area contributed by atoms with Crippen LogP contribution < -0.4 is 0 Å². The SMILES string of the molecule is CCC(C)[SiH2]N(CC)CC. The molecule has 1 unspecified atom stereocenters. The molecule has 62 valence electrons. The van der Waals surface area contributed by atoms with Crippen molar-refractivity contribution in [3.8, 4) is 0 Å². The Morgan fingerprint density at radius 1 is 1.20 bits per heavy atom. The molecule has 0 bridgehead atoms. The summed E-state index contributed by atoms with van der Waals surface area (Å²) in [6, 6.07) is 0. The van der Waals surface area contributed by atoms with Crippen LogP contribution in [0.2, 0.25) is 5.54 Å². The van der Waals surface area contributed by atoms with Gasteiger partial charge >= 0.3 is 0 Å². The maximum atomic E-state index is 2.62. The molecule has 0 radical (unpaired) electrons. The van der Waals surface area contributed by atoms with Crippen LogP contribution in [0.25, 0.3) is 0 Å². The molecule has 0 aromatic rings. The third kappa shape index (κ3) is 4.07. The zero-order chi connectivity index (χ0) is 7.98. The van der Waals surface area contributed by atoms with Crippen LogP contribution >= 0.6 is 0 Å². The predicted octanol–water partition coefficient (Wildman–Crippen LogP) is 1.63. The van der Waals surface area contributed by atoms with Crippen molar-refractivity contribution < 1.29 is 0 Å². The number of hydrogen-bond acceptors (Lipinski definition) is 1. The Labute approximate surface area is 67.7 Å². The molecule has 0 aromatic carbocycles. The highest BCUT2D eigenvalue weighted by Crippen LogP contribution is 2.07. The van der Waals surface area contributed by atoms with Gasteiger partial charge in [-0.25, -0.2) is 0 Å². The number of nitrogens with zero attached hydrogens (tertiary/aromatic N) is 1. The van der Waals surface area contributed by atoms with Crippen LogP contribution in [-0.4, -0.2) is 27.3 Å². The van der Waals surface area contributed by atoms with Crippen LogP contribution in [0.3, 0.4) is 0 Å². The van der Waals surface area contributed by atoms with Crippen molar-refractivity contribution in [2.75, 3.05) is 13.1 Å². The Morgan fingerprint density at radius 3 is 2.00 bits per heavy atom. The first-order valence-electron chi connectivity index (χ1n) is 4.46. The first kappa shape index (κ1) is 10.2. The molecule has 0 aliphatic carbocycles. The van der Waals surface area contributed by atoms with Gasteiger partial charge in [0.1, 0.15) is 0 Å². The van der Waals surface area contributed by atoms with Gasteiger partial charge in [-0.15, -0.1) is 0 Å². The summed E-state index contributed by atoms with van der Waals surface area (Å²) in [4.78, 5) is 0. The zero-order valence-corrected chi connectivity index (χ0v) is 9.27. The van der Waals surface area contributed by atoms with E-state index in [2.05, 4.69) is 32.3 Å². The Morgan fingerprint density at radius 2 is 1.70 bits per heavy atom. The van der Waals surface area contributed by atoms with Crippen molar-refractivity contribution in [1.82, 2.24) is 4.57 Å². The Balaban J connectivity index is 3.41. The minimum absolute atomic E-state index is 0.0829. The van der Waals surface area contributed by atoms with E-state index in [0.29, 0.717) is 0 Å². The van der Waals surface area contributed by atoms with Gasteiger partial charge in [0.25, 0.3) is 0 Å². The second-order valence-electron chi connectivity index (χ2n) is 3.00. The highest BCUT2D eigenvalue weighted by atomic mass is 28.2. The fraction of sp³-hybridized carbons (Fsp3) is 1.00. The zero-order valence-electron chi connectivity index (χ0n) is 7.85. The van der Waals surface area contributed by atoms with E-state index in [1.54, 1.807) is 0 Å². The van der Waals surface area contributed by atoms with Crippen molar-refractivity contribution >= 4 is 9.68 Å². The van der Waals surface area contributed by atoms with Crippen molar-refractivity contribution in [2.24, 2.45) is 0 Å². The van der Waals surface area contributed by atoms with Crippen LogP contribution in [0, 0.1) is 0 Å². The molecule has 0 rings (SSSR count). The Bertz CT molecular complexity index is 71.7. The van der Waals surface area contributed by atoms with Crippen LogP contribution in [0.15, 0.2) is 0 Å². The van der Waals surface area contributed by atoms with E-state index < -0.39 is 0 Å². The number of hydrogen-bond donors (Lipinski definition) is 0. The summed E-state index contributed by atoms with van der Waals surface area (Å²) >= 11 is 0. The molecule has 0 saturated heterocycles. The number of rotatable bonds is 5. The van der Waals surface area contributed by atoms with E-state index in [-0.39, 0.29) is 9.68 Å². The van der Waals surface area contributed by atoms with Crippen molar-refractivity contribution in [1.29, 1.82) is 0 Å². The summed E-state index contributed by atoms with van der Waals surface area (Å²) in [5, 5.41) is 0. The van der Waals surface area contributed by atoms with Gasteiger partial charge in [-0.2, -0.15) is 0 Å². The summed E-state index contributed by atoms with van der Waals surface area (Å²) in [5.41, 5.74) is 1.000. The monoisotopic (exact) mass is 159 g/mol. The molecule has 0 amide bonds. The lowest BCUT2D eigenvalue weighted by molar-refractivity contribution is 0.483. The van der Waals surface area contributed by atoms with Gasteiger partial charge in [-0.05, 0) is 18.6 Å². The van der Waals surface area contributed by atoms with Crippen molar-refractivity contribution in [2.45, 2.75) is 39.7 Å². The van der Waals surface area contributed by atoms with Crippen molar-refractivity contribution in [3.63, 3.8) is 0 Å². The molecule has 0 aliphatic rings. The minimum Gasteiger partial charge on any atom is -0.329 e. The summed E-state index contributed by atoms with van der Waals surface area (Å²) < 4.78 is 2.62. The fourth-order valence-corrected chi connectivity index (χ4v) is 2.71. The van der Waals surface area contributed by atoms with E-state index >= 15 is 0 Å². The summed E-state index contributed by atoms with van der Waals surface area (Å²) in [7, 11) is 0.0829. The van der Waals surface area contributed by atoms with E-state index in [4.69, 9.17) is 0 Å². The Hall–Kier alpha value is 0.177. The molecule has 0 heterocycles. The van der Waals surface area contributed by atoms with E-state index in [9.17, 15) is 0 Å². The summed E-state index contributed by atoms with van der Waals surface area (Å²) in [6.45, 7) is 11.7. The lowest BCUT2D eigenvalue weighted by Gasteiger charge is -2.20. The van der Waals surface area contributed by atoms with Gasteiger partial charge < -0.3 is 4.57 Å². The molecule has 1 atom stereocenters. The third-order valence-corrected chi connectivity index (χ3v) is 4.77. The maximum absolute atomic E-state index is 2.62. The lowest BCUT2D eigenvalue weighted by Crippen LogP contribution is -2.29. The molecule has 0 N–H and O–H groups in total. The second-order valence-corrected chi connectivity index (χ2v) is 5.65. The molecule has 10 heavy (non-hydrogen) atoms. The molecule has 1 nitrogen and oxygen atoms in total.